The SMILES string of the molecule is CCCCCCCCCCCCCCCCC(=S)O[C@@H]1[C@H]([C@@H](O)CO)OC[C@H]1OC(=S)CCCCCCCCCCCCCCCC. The second-order valence-corrected chi connectivity index (χ2v) is 15.1. The summed E-state index contributed by atoms with van der Waals surface area (Å²) in [5.41, 5.74) is 0. The number of hydrogen-bond acceptors (Lipinski definition) is 7. The van der Waals surface area contributed by atoms with Crippen molar-refractivity contribution in [2.45, 2.75) is 231 Å². The number of unbranched alkanes of at least 4 members (excludes halogenated alkanes) is 26. The molecular weight excluding hydrogens is 625 g/mol. The van der Waals surface area contributed by atoms with Crippen molar-refractivity contribution in [1.29, 1.82) is 0 Å². The number of thiocarbonyl (C=S) groups is 2. The van der Waals surface area contributed by atoms with Gasteiger partial charge in [0, 0.05) is 12.8 Å². The van der Waals surface area contributed by atoms with Crippen LogP contribution in [0.2, 0.25) is 0 Å². The average molecular weight is 701 g/mol. The number of hydrogen-bond donors (Lipinski definition) is 2. The Kier molecular flexibility index (Phi) is 31.2. The van der Waals surface area contributed by atoms with Gasteiger partial charge >= 0.3 is 0 Å². The van der Waals surface area contributed by atoms with Crippen molar-refractivity contribution in [3.63, 3.8) is 0 Å². The molecule has 0 unspecified atom stereocenters. The second kappa shape index (κ2) is 32.8. The highest BCUT2D eigenvalue weighted by atomic mass is 32.1. The van der Waals surface area contributed by atoms with E-state index in [-0.39, 0.29) is 6.61 Å². The van der Waals surface area contributed by atoms with Crippen LogP contribution < -0.4 is 0 Å². The third-order valence-corrected chi connectivity index (χ3v) is 10.3. The van der Waals surface area contributed by atoms with Crippen molar-refractivity contribution in [2.24, 2.45) is 0 Å². The quantitative estimate of drug-likeness (QED) is 0.0511. The lowest BCUT2D eigenvalue weighted by molar-refractivity contribution is -0.0639. The number of aliphatic hydroxyl groups is 2. The summed E-state index contributed by atoms with van der Waals surface area (Å²) in [4.78, 5) is 0. The Bertz CT molecular complexity index is 721. The van der Waals surface area contributed by atoms with E-state index >= 15 is 0 Å². The van der Waals surface area contributed by atoms with Gasteiger partial charge in [-0.15, -0.1) is 0 Å². The van der Waals surface area contributed by atoms with Crippen LogP contribution in [-0.2, 0) is 14.2 Å². The Morgan fingerprint density at radius 1 is 0.553 bits per heavy atom. The van der Waals surface area contributed by atoms with Gasteiger partial charge in [-0.2, -0.15) is 0 Å². The van der Waals surface area contributed by atoms with Gasteiger partial charge in [-0.05, 0) is 37.3 Å². The average Bonchev–Trinajstić information content (AvgIpc) is 3.45. The van der Waals surface area contributed by atoms with E-state index in [0.717, 1.165) is 32.1 Å². The summed E-state index contributed by atoms with van der Waals surface area (Å²) in [7, 11) is 0. The van der Waals surface area contributed by atoms with Crippen LogP contribution in [0.25, 0.3) is 0 Å². The van der Waals surface area contributed by atoms with E-state index in [1.54, 1.807) is 0 Å². The van der Waals surface area contributed by atoms with Gasteiger partial charge in [0.15, 0.2) is 22.3 Å². The van der Waals surface area contributed by atoms with E-state index in [0.29, 0.717) is 16.5 Å². The first-order chi connectivity index (χ1) is 23.0. The summed E-state index contributed by atoms with van der Waals surface area (Å²) in [6, 6.07) is 0. The van der Waals surface area contributed by atoms with Crippen LogP contribution in [0.5, 0.6) is 0 Å². The molecule has 4 atom stereocenters. The zero-order valence-corrected chi connectivity index (χ0v) is 32.5. The molecule has 0 aliphatic carbocycles. The molecule has 278 valence electrons. The van der Waals surface area contributed by atoms with E-state index in [4.69, 9.17) is 38.6 Å². The maximum Gasteiger partial charge on any atom is 0.167 e. The van der Waals surface area contributed by atoms with Gasteiger partial charge in [0.25, 0.3) is 0 Å². The van der Waals surface area contributed by atoms with Crippen molar-refractivity contribution in [3.05, 3.63) is 0 Å². The highest BCUT2D eigenvalue weighted by Crippen LogP contribution is 2.26. The molecule has 1 rings (SSSR count). The highest BCUT2D eigenvalue weighted by molar-refractivity contribution is 7.80. The lowest BCUT2D eigenvalue weighted by Gasteiger charge is -2.27. The predicted octanol–water partition coefficient (Wildman–Crippen LogP) is 11.9. The standard InChI is InChI=1S/C40H76O5S2/c1-3-5-7-9-11-13-15-17-19-21-23-25-27-29-31-37(46)44-36-34-43-39(35(42)33-41)40(36)45-38(47)32-30-28-26-24-22-20-18-16-14-12-10-8-6-4-2/h35-36,39-42H,3-34H2,1-2H3/t35-,36+,39-,40-/m0/s1. The Morgan fingerprint density at radius 3 is 1.21 bits per heavy atom. The first-order valence-corrected chi connectivity index (χ1v) is 21.1. The minimum absolute atomic E-state index is 0.271. The van der Waals surface area contributed by atoms with Crippen LogP contribution in [0.1, 0.15) is 206 Å². The minimum Gasteiger partial charge on any atom is -0.477 e. The summed E-state index contributed by atoms with van der Waals surface area (Å²) in [6.07, 6.45) is 35.8. The molecule has 0 radical (unpaired) electrons. The number of rotatable bonds is 34. The first-order valence-electron chi connectivity index (χ1n) is 20.3. The molecule has 0 aromatic carbocycles. The lowest BCUT2D eigenvalue weighted by atomic mass is 10.0. The Hall–Kier alpha value is -0.340. The van der Waals surface area contributed by atoms with Gasteiger partial charge in [0.2, 0.25) is 0 Å². The molecule has 0 spiro atoms. The largest absolute Gasteiger partial charge is 0.477 e. The van der Waals surface area contributed by atoms with Crippen molar-refractivity contribution in [3.8, 4) is 0 Å². The summed E-state index contributed by atoms with van der Waals surface area (Å²) >= 11 is 11.2. The third-order valence-electron chi connectivity index (χ3n) is 9.73. The zero-order chi connectivity index (χ0) is 34.2. The number of aliphatic hydroxyl groups excluding tert-OH is 2. The van der Waals surface area contributed by atoms with E-state index in [1.165, 1.54) is 154 Å². The van der Waals surface area contributed by atoms with Crippen molar-refractivity contribution in [2.75, 3.05) is 13.2 Å². The molecule has 0 bridgehead atoms. The number of ether oxygens (including phenoxy) is 3. The van der Waals surface area contributed by atoms with E-state index < -0.39 is 31.0 Å². The van der Waals surface area contributed by atoms with E-state index in [9.17, 15) is 10.2 Å². The Morgan fingerprint density at radius 2 is 0.872 bits per heavy atom. The molecule has 1 heterocycles. The van der Waals surface area contributed by atoms with Crippen LogP contribution in [0, 0.1) is 0 Å². The molecule has 0 aromatic rings. The fraction of sp³-hybridized carbons (Fsp3) is 0.950. The van der Waals surface area contributed by atoms with Crippen LogP contribution in [0.15, 0.2) is 0 Å². The van der Waals surface area contributed by atoms with Gasteiger partial charge in [-0.3, -0.25) is 0 Å². The van der Waals surface area contributed by atoms with Crippen molar-refractivity contribution < 1.29 is 24.4 Å². The monoisotopic (exact) mass is 701 g/mol. The Labute approximate surface area is 302 Å². The summed E-state index contributed by atoms with van der Waals surface area (Å²) in [5, 5.41) is 21.0. The summed E-state index contributed by atoms with van der Waals surface area (Å²) in [6.45, 7) is 4.43. The molecular formula is C40H76O5S2. The van der Waals surface area contributed by atoms with Crippen LogP contribution in [0.4, 0.5) is 0 Å². The normalized spacial score (nSPS) is 18.4. The maximum absolute atomic E-state index is 10.4. The van der Waals surface area contributed by atoms with E-state index in [2.05, 4.69) is 13.8 Å². The van der Waals surface area contributed by atoms with Crippen molar-refractivity contribution >= 4 is 34.5 Å². The van der Waals surface area contributed by atoms with Crippen molar-refractivity contribution in [1.82, 2.24) is 0 Å². The molecule has 1 aliphatic rings. The molecule has 0 amide bonds. The van der Waals surface area contributed by atoms with Crippen LogP contribution >= 0.6 is 24.4 Å². The molecule has 2 N–H and O–H groups in total. The molecule has 47 heavy (non-hydrogen) atoms. The Balaban J connectivity index is 2.15. The van der Waals surface area contributed by atoms with Gasteiger partial charge in [-0.1, -0.05) is 181 Å². The molecule has 0 aromatic heterocycles. The maximum atomic E-state index is 10.4. The fourth-order valence-corrected chi connectivity index (χ4v) is 7.17. The first kappa shape index (κ1) is 44.7. The molecule has 1 saturated heterocycles. The topological polar surface area (TPSA) is 68.2 Å². The van der Waals surface area contributed by atoms with E-state index in [1.807, 2.05) is 0 Å². The smallest absolute Gasteiger partial charge is 0.167 e. The van der Waals surface area contributed by atoms with Gasteiger partial charge < -0.3 is 24.4 Å². The lowest BCUT2D eigenvalue weighted by Crippen LogP contribution is -2.44. The van der Waals surface area contributed by atoms with Gasteiger partial charge in [-0.25, -0.2) is 0 Å². The zero-order valence-electron chi connectivity index (χ0n) is 30.9. The molecule has 0 saturated carbocycles. The molecule has 1 fully saturated rings. The summed E-state index contributed by atoms with van der Waals surface area (Å²) < 4.78 is 18.1. The van der Waals surface area contributed by atoms with Crippen LogP contribution in [0.3, 0.4) is 0 Å². The van der Waals surface area contributed by atoms with Crippen LogP contribution in [-0.4, -0.2) is 57.9 Å². The molecule has 7 heteroatoms. The predicted molar refractivity (Wildman–Crippen MR) is 208 cm³/mol. The summed E-state index contributed by atoms with van der Waals surface area (Å²) in [5.74, 6) is 0. The molecule has 1 aliphatic heterocycles. The highest BCUT2D eigenvalue weighted by Gasteiger charge is 2.45. The second-order valence-electron chi connectivity index (χ2n) is 14.2. The molecule has 5 nitrogen and oxygen atoms in total. The fourth-order valence-electron chi connectivity index (χ4n) is 6.65. The van der Waals surface area contributed by atoms with Gasteiger partial charge in [0.05, 0.1) is 13.2 Å². The minimum atomic E-state index is -1.04. The van der Waals surface area contributed by atoms with Gasteiger partial charge in [0.1, 0.15) is 12.2 Å². The third kappa shape index (κ3) is 25.3.